The van der Waals surface area contributed by atoms with Crippen molar-refractivity contribution in [1.29, 1.82) is 5.26 Å². The molecule has 0 aliphatic heterocycles. The highest BCUT2D eigenvalue weighted by atomic mass is 16.5. The summed E-state index contributed by atoms with van der Waals surface area (Å²) in [5, 5.41) is 10.0. The van der Waals surface area contributed by atoms with Gasteiger partial charge in [0.25, 0.3) is 0 Å². The number of nitrogens with zero attached hydrogens (tertiary/aromatic N) is 2. The molecule has 3 aromatic rings. The second kappa shape index (κ2) is 9.98. The van der Waals surface area contributed by atoms with Crippen LogP contribution in [-0.2, 0) is 0 Å². The standard InChI is InChI=1S/C28H29N3O4/c1-16-6-8-19(12-17-7-10-21(32-2)23(13-17)34-4)27-25(16)26(20(15-29)28(30)31-27)18-9-11-22(33-3)24(14-18)35-5/h7,9-14,16H,6,8H2,1-5H3,(H2,30,31)/b19-12+. The molecule has 0 bridgehead atoms. The Kier molecular flexibility index (Phi) is 6.83. The molecule has 180 valence electrons. The molecule has 0 saturated heterocycles. The fourth-order valence-corrected chi connectivity index (χ4v) is 4.67. The molecule has 4 rings (SSSR count). The summed E-state index contributed by atoms with van der Waals surface area (Å²) in [6, 6.07) is 13.7. The maximum atomic E-state index is 10.0. The number of allylic oxidation sites excluding steroid dienone is 1. The van der Waals surface area contributed by atoms with E-state index in [4.69, 9.17) is 29.7 Å². The number of hydrogen-bond donors (Lipinski definition) is 1. The third-order valence-corrected chi connectivity index (χ3v) is 6.44. The van der Waals surface area contributed by atoms with Gasteiger partial charge in [0.05, 0.1) is 34.1 Å². The average Bonchev–Trinajstić information content (AvgIpc) is 2.89. The Hall–Kier alpha value is -4.18. The number of ether oxygens (including phenoxy) is 4. The van der Waals surface area contributed by atoms with Crippen LogP contribution in [0.2, 0.25) is 0 Å². The van der Waals surface area contributed by atoms with Crippen LogP contribution in [0.4, 0.5) is 5.82 Å². The molecule has 2 aromatic carbocycles. The number of aromatic nitrogens is 1. The van der Waals surface area contributed by atoms with Crippen molar-refractivity contribution in [2.75, 3.05) is 34.2 Å². The molecule has 1 atom stereocenters. The summed E-state index contributed by atoms with van der Waals surface area (Å²) in [5.41, 5.74) is 12.2. The molecule has 35 heavy (non-hydrogen) atoms. The van der Waals surface area contributed by atoms with Gasteiger partial charge in [-0.3, -0.25) is 0 Å². The normalized spacial score (nSPS) is 15.8. The fourth-order valence-electron chi connectivity index (χ4n) is 4.67. The summed E-state index contributed by atoms with van der Waals surface area (Å²) < 4.78 is 21.8. The molecule has 7 heteroatoms. The lowest BCUT2D eigenvalue weighted by molar-refractivity contribution is 0.355. The van der Waals surface area contributed by atoms with E-state index in [0.717, 1.165) is 46.4 Å². The number of rotatable bonds is 6. The smallest absolute Gasteiger partial charge is 0.161 e. The predicted molar refractivity (Wildman–Crippen MR) is 137 cm³/mol. The van der Waals surface area contributed by atoms with E-state index >= 15 is 0 Å². The van der Waals surface area contributed by atoms with Gasteiger partial charge in [0.2, 0.25) is 0 Å². The van der Waals surface area contributed by atoms with Crippen LogP contribution in [-0.4, -0.2) is 33.4 Å². The highest BCUT2D eigenvalue weighted by Crippen LogP contribution is 2.46. The van der Waals surface area contributed by atoms with E-state index < -0.39 is 0 Å². The van der Waals surface area contributed by atoms with Crippen LogP contribution in [0.15, 0.2) is 36.4 Å². The van der Waals surface area contributed by atoms with Crippen molar-refractivity contribution in [2.45, 2.75) is 25.7 Å². The van der Waals surface area contributed by atoms with Crippen LogP contribution in [0, 0.1) is 11.3 Å². The SMILES string of the molecule is COc1ccc(/C=C2\CCC(C)c3c2nc(N)c(C#N)c3-c2ccc(OC)c(OC)c2)cc1OC. The zero-order valence-corrected chi connectivity index (χ0v) is 20.6. The van der Waals surface area contributed by atoms with Gasteiger partial charge in [-0.05, 0) is 71.4 Å². The predicted octanol–water partition coefficient (Wildman–Crippen LogP) is 5.67. The highest BCUT2D eigenvalue weighted by Gasteiger charge is 2.29. The van der Waals surface area contributed by atoms with Crippen molar-refractivity contribution in [3.8, 4) is 40.2 Å². The summed E-state index contributed by atoms with van der Waals surface area (Å²) in [7, 11) is 6.42. The lowest BCUT2D eigenvalue weighted by Crippen LogP contribution is -2.14. The zero-order chi connectivity index (χ0) is 25.1. The van der Waals surface area contributed by atoms with Crippen molar-refractivity contribution >= 4 is 17.5 Å². The fraction of sp³-hybridized carbons (Fsp3) is 0.286. The van der Waals surface area contributed by atoms with Crippen LogP contribution >= 0.6 is 0 Å². The second-order valence-corrected chi connectivity index (χ2v) is 8.41. The molecule has 2 N–H and O–H groups in total. The number of hydrogen-bond acceptors (Lipinski definition) is 7. The molecule has 0 radical (unpaired) electrons. The van der Waals surface area contributed by atoms with Crippen molar-refractivity contribution in [3.05, 3.63) is 58.8 Å². The first-order valence-corrected chi connectivity index (χ1v) is 11.3. The van der Waals surface area contributed by atoms with Gasteiger partial charge >= 0.3 is 0 Å². The van der Waals surface area contributed by atoms with Gasteiger partial charge in [-0.15, -0.1) is 0 Å². The van der Waals surface area contributed by atoms with Gasteiger partial charge in [0.1, 0.15) is 17.5 Å². The number of methoxy groups -OCH3 is 4. The Balaban J connectivity index is 1.94. The second-order valence-electron chi connectivity index (χ2n) is 8.41. The summed E-state index contributed by atoms with van der Waals surface area (Å²) in [4.78, 5) is 4.73. The first-order valence-electron chi connectivity index (χ1n) is 11.3. The molecule has 1 heterocycles. The van der Waals surface area contributed by atoms with Gasteiger partial charge in [0.15, 0.2) is 23.0 Å². The van der Waals surface area contributed by atoms with E-state index in [1.165, 1.54) is 0 Å². The Morgan fingerprint density at radius 2 is 1.57 bits per heavy atom. The number of anilines is 1. The molecule has 0 saturated carbocycles. The van der Waals surface area contributed by atoms with Crippen LogP contribution in [0.1, 0.15) is 48.1 Å². The molecular formula is C28H29N3O4. The number of nitrogens with two attached hydrogens (primary N) is 1. The van der Waals surface area contributed by atoms with Crippen molar-refractivity contribution < 1.29 is 18.9 Å². The molecule has 1 aliphatic carbocycles. The molecule has 0 spiro atoms. The maximum absolute atomic E-state index is 10.0. The number of benzene rings is 2. The van der Waals surface area contributed by atoms with E-state index in [0.29, 0.717) is 28.6 Å². The van der Waals surface area contributed by atoms with Crippen LogP contribution in [0.25, 0.3) is 22.8 Å². The summed E-state index contributed by atoms with van der Waals surface area (Å²) in [6.45, 7) is 2.16. The lowest BCUT2D eigenvalue weighted by Gasteiger charge is -2.28. The molecule has 7 nitrogen and oxygen atoms in total. The summed E-state index contributed by atoms with van der Waals surface area (Å²) in [6.07, 6.45) is 3.86. The minimum Gasteiger partial charge on any atom is -0.493 e. The van der Waals surface area contributed by atoms with E-state index in [1.807, 2.05) is 36.4 Å². The molecule has 1 aromatic heterocycles. The van der Waals surface area contributed by atoms with Gasteiger partial charge in [0, 0.05) is 5.56 Å². The molecule has 1 unspecified atom stereocenters. The van der Waals surface area contributed by atoms with Crippen LogP contribution < -0.4 is 24.7 Å². The largest absolute Gasteiger partial charge is 0.493 e. The van der Waals surface area contributed by atoms with Crippen LogP contribution in [0.5, 0.6) is 23.0 Å². The Morgan fingerprint density at radius 1 is 0.943 bits per heavy atom. The van der Waals surface area contributed by atoms with Crippen LogP contribution in [0.3, 0.4) is 0 Å². The third-order valence-electron chi connectivity index (χ3n) is 6.44. The van der Waals surface area contributed by atoms with Crippen molar-refractivity contribution in [1.82, 2.24) is 4.98 Å². The molecule has 0 amide bonds. The van der Waals surface area contributed by atoms with E-state index in [-0.39, 0.29) is 11.7 Å². The zero-order valence-electron chi connectivity index (χ0n) is 20.6. The molecule has 1 aliphatic rings. The van der Waals surface area contributed by atoms with Crippen molar-refractivity contribution in [2.24, 2.45) is 0 Å². The number of pyridine rings is 1. The van der Waals surface area contributed by atoms with E-state index in [1.54, 1.807) is 28.4 Å². The monoisotopic (exact) mass is 471 g/mol. The number of nitrogen functional groups attached to an aromatic ring is 1. The Morgan fingerprint density at radius 3 is 2.20 bits per heavy atom. The number of fused-ring (bicyclic) bond motifs is 1. The van der Waals surface area contributed by atoms with Gasteiger partial charge in [-0.2, -0.15) is 5.26 Å². The first kappa shape index (κ1) is 24.0. The molecular weight excluding hydrogens is 442 g/mol. The summed E-state index contributed by atoms with van der Waals surface area (Å²) in [5.74, 6) is 2.93. The van der Waals surface area contributed by atoms with Gasteiger partial charge in [-0.25, -0.2) is 4.98 Å². The Labute approximate surface area is 205 Å². The minimum atomic E-state index is 0.191. The first-order chi connectivity index (χ1) is 16.9. The van der Waals surface area contributed by atoms with Gasteiger partial charge < -0.3 is 24.7 Å². The number of nitriles is 1. The third kappa shape index (κ3) is 4.35. The lowest BCUT2D eigenvalue weighted by atomic mass is 9.78. The van der Waals surface area contributed by atoms with E-state index in [2.05, 4.69) is 19.1 Å². The minimum absolute atomic E-state index is 0.191. The Bertz CT molecular complexity index is 1340. The summed E-state index contributed by atoms with van der Waals surface area (Å²) >= 11 is 0. The maximum Gasteiger partial charge on any atom is 0.161 e. The quantitative estimate of drug-likeness (QED) is 0.494. The molecule has 0 fully saturated rings. The van der Waals surface area contributed by atoms with Crippen molar-refractivity contribution in [3.63, 3.8) is 0 Å². The van der Waals surface area contributed by atoms with Gasteiger partial charge in [-0.1, -0.05) is 19.1 Å². The topological polar surface area (TPSA) is 99.6 Å². The highest BCUT2D eigenvalue weighted by molar-refractivity contribution is 5.90. The average molecular weight is 472 g/mol. The van der Waals surface area contributed by atoms with E-state index in [9.17, 15) is 5.26 Å².